The summed E-state index contributed by atoms with van der Waals surface area (Å²) in [5, 5.41) is 8.94. The minimum atomic E-state index is -1.67. The summed E-state index contributed by atoms with van der Waals surface area (Å²) in [6.45, 7) is 1.25. The Balaban J connectivity index is 2.97. The van der Waals surface area contributed by atoms with E-state index in [2.05, 4.69) is 0 Å². The highest BCUT2D eigenvalue weighted by Gasteiger charge is 2.39. The molecule has 86 valence electrons. The molecule has 0 aliphatic carbocycles. The number of carbonyl (C=O) groups is 2. The fourth-order valence-corrected chi connectivity index (χ4v) is 1.28. The van der Waals surface area contributed by atoms with E-state index in [4.69, 9.17) is 10.8 Å². The second kappa shape index (κ2) is 4.30. The number of rotatable bonds is 4. The topological polar surface area (TPSA) is 80.4 Å². The summed E-state index contributed by atoms with van der Waals surface area (Å²) in [6, 6.07) is 5.27. The van der Waals surface area contributed by atoms with Gasteiger partial charge in [-0.3, -0.25) is 9.59 Å². The third kappa shape index (κ3) is 2.36. The second-order valence-corrected chi connectivity index (χ2v) is 3.80. The number of hydrogen-bond donors (Lipinski definition) is 2. The molecule has 0 radical (unpaired) electrons. The number of carboxylic acid groups (broad SMARTS) is 1. The minimum absolute atomic E-state index is 0.0576. The van der Waals surface area contributed by atoms with E-state index in [-0.39, 0.29) is 6.42 Å². The average molecular weight is 225 g/mol. The van der Waals surface area contributed by atoms with E-state index in [1.807, 2.05) is 0 Å². The van der Waals surface area contributed by atoms with Crippen molar-refractivity contribution >= 4 is 11.9 Å². The van der Waals surface area contributed by atoms with Crippen molar-refractivity contribution in [2.75, 3.05) is 0 Å². The summed E-state index contributed by atoms with van der Waals surface area (Å²) in [5.74, 6) is -2.62. The third-order valence-electron chi connectivity index (χ3n) is 2.49. The van der Waals surface area contributed by atoms with E-state index < -0.39 is 23.1 Å². The molecule has 0 saturated carbocycles. The molecule has 0 aromatic heterocycles. The average Bonchev–Trinajstić information content (AvgIpc) is 2.20. The molecule has 0 spiro atoms. The smallest absolute Gasteiger partial charge is 0.319 e. The van der Waals surface area contributed by atoms with Gasteiger partial charge in [0.15, 0.2) is 0 Å². The van der Waals surface area contributed by atoms with Gasteiger partial charge in [-0.25, -0.2) is 4.39 Å². The number of amides is 1. The van der Waals surface area contributed by atoms with E-state index in [0.717, 1.165) is 0 Å². The molecule has 1 aromatic rings. The Hall–Kier alpha value is -1.91. The Morgan fingerprint density at radius 2 is 1.88 bits per heavy atom. The van der Waals surface area contributed by atoms with Gasteiger partial charge in [0.1, 0.15) is 11.2 Å². The van der Waals surface area contributed by atoms with Crippen molar-refractivity contribution in [2.45, 2.75) is 13.3 Å². The first-order valence-corrected chi connectivity index (χ1v) is 4.64. The summed E-state index contributed by atoms with van der Waals surface area (Å²) < 4.78 is 12.6. The van der Waals surface area contributed by atoms with Gasteiger partial charge in [-0.1, -0.05) is 12.1 Å². The molecule has 1 atom stereocenters. The molecule has 1 aromatic carbocycles. The molecular weight excluding hydrogens is 213 g/mol. The fraction of sp³-hybridized carbons (Fsp3) is 0.273. The SMILES string of the molecule is C[C@@](Cc1ccc(F)cc1)(C(N)=O)C(=O)O. The number of nitrogens with two attached hydrogens (primary N) is 1. The van der Waals surface area contributed by atoms with Gasteiger partial charge >= 0.3 is 5.97 Å². The highest BCUT2D eigenvalue weighted by molar-refractivity contribution is 6.00. The first kappa shape index (κ1) is 12.2. The third-order valence-corrected chi connectivity index (χ3v) is 2.49. The van der Waals surface area contributed by atoms with Crippen LogP contribution in [-0.4, -0.2) is 17.0 Å². The maximum atomic E-state index is 12.6. The molecule has 0 heterocycles. The Kier molecular flexibility index (Phi) is 3.27. The van der Waals surface area contributed by atoms with E-state index in [9.17, 15) is 14.0 Å². The quantitative estimate of drug-likeness (QED) is 0.748. The van der Waals surface area contributed by atoms with Gasteiger partial charge in [0.2, 0.25) is 5.91 Å². The van der Waals surface area contributed by atoms with E-state index in [1.54, 1.807) is 0 Å². The number of benzene rings is 1. The van der Waals surface area contributed by atoms with Crippen LogP contribution in [0, 0.1) is 11.2 Å². The summed E-state index contributed by atoms with van der Waals surface area (Å²) in [6.07, 6.45) is -0.0576. The number of hydrogen-bond acceptors (Lipinski definition) is 2. The minimum Gasteiger partial charge on any atom is -0.480 e. The van der Waals surface area contributed by atoms with Gasteiger partial charge in [0, 0.05) is 0 Å². The van der Waals surface area contributed by atoms with Gasteiger partial charge in [-0.15, -0.1) is 0 Å². The zero-order valence-corrected chi connectivity index (χ0v) is 8.74. The van der Waals surface area contributed by atoms with Crippen LogP contribution in [0.15, 0.2) is 24.3 Å². The van der Waals surface area contributed by atoms with Crippen molar-refractivity contribution in [3.63, 3.8) is 0 Å². The van der Waals surface area contributed by atoms with Gasteiger partial charge < -0.3 is 10.8 Å². The standard InChI is InChI=1S/C11H12FNO3/c1-11(9(13)14,10(15)16)6-7-2-4-8(12)5-3-7/h2-5H,6H2,1H3,(H2,13,14)(H,15,16)/t11-/m1/s1. The van der Waals surface area contributed by atoms with Crippen molar-refractivity contribution in [1.29, 1.82) is 0 Å². The Bertz CT molecular complexity index is 400. The van der Waals surface area contributed by atoms with Crippen LogP contribution >= 0.6 is 0 Å². The van der Waals surface area contributed by atoms with Crippen LogP contribution in [0.2, 0.25) is 0 Å². The molecule has 1 rings (SSSR count). The van der Waals surface area contributed by atoms with Crippen LogP contribution in [0.1, 0.15) is 12.5 Å². The molecule has 0 unspecified atom stereocenters. The zero-order chi connectivity index (χ0) is 12.3. The Labute approximate surface area is 91.9 Å². The molecule has 0 saturated heterocycles. The largest absolute Gasteiger partial charge is 0.480 e. The van der Waals surface area contributed by atoms with Crippen LogP contribution in [0.25, 0.3) is 0 Å². The molecule has 0 fully saturated rings. The lowest BCUT2D eigenvalue weighted by Crippen LogP contribution is -2.43. The highest BCUT2D eigenvalue weighted by Crippen LogP contribution is 2.22. The van der Waals surface area contributed by atoms with Crippen molar-refractivity contribution in [2.24, 2.45) is 11.1 Å². The van der Waals surface area contributed by atoms with Crippen molar-refractivity contribution in [1.82, 2.24) is 0 Å². The lowest BCUT2D eigenvalue weighted by atomic mass is 9.83. The molecular formula is C11H12FNO3. The van der Waals surface area contributed by atoms with Gasteiger partial charge in [0.25, 0.3) is 0 Å². The predicted octanol–water partition coefficient (Wildman–Crippen LogP) is 0.944. The van der Waals surface area contributed by atoms with E-state index >= 15 is 0 Å². The maximum Gasteiger partial charge on any atom is 0.319 e. The number of aliphatic carboxylic acids is 1. The first-order chi connectivity index (χ1) is 7.36. The van der Waals surface area contributed by atoms with Gasteiger partial charge in [0.05, 0.1) is 0 Å². The lowest BCUT2D eigenvalue weighted by molar-refractivity contribution is -0.153. The highest BCUT2D eigenvalue weighted by atomic mass is 19.1. The van der Waals surface area contributed by atoms with E-state index in [0.29, 0.717) is 5.56 Å². The molecule has 0 aliphatic rings. The summed E-state index contributed by atoms with van der Waals surface area (Å²) in [5.41, 5.74) is 3.93. The molecule has 0 aliphatic heterocycles. The van der Waals surface area contributed by atoms with Gasteiger partial charge in [-0.2, -0.15) is 0 Å². The molecule has 0 bridgehead atoms. The van der Waals surface area contributed by atoms with Crippen molar-refractivity contribution < 1.29 is 19.1 Å². The fourth-order valence-electron chi connectivity index (χ4n) is 1.28. The molecule has 4 nitrogen and oxygen atoms in total. The van der Waals surface area contributed by atoms with Crippen molar-refractivity contribution in [3.05, 3.63) is 35.6 Å². The lowest BCUT2D eigenvalue weighted by Gasteiger charge is -2.20. The second-order valence-electron chi connectivity index (χ2n) is 3.80. The van der Waals surface area contributed by atoms with Crippen LogP contribution in [0.5, 0.6) is 0 Å². The van der Waals surface area contributed by atoms with E-state index in [1.165, 1.54) is 31.2 Å². The van der Waals surface area contributed by atoms with Crippen LogP contribution < -0.4 is 5.73 Å². The normalized spacial score (nSPS) is 14.1. The molecule has 3 N–H and O–H groups in total. The zero-order valence-electron chi connectivity index (χ0n) is 8.74. The number of carboxylic acids is 1. The van der Waals surface area contributed by atoms with Crippen molar-refractivity contribution in [3.8, 4) is 0 Å². The van der Waals surface area contributed by atoms with Crippen LogP contribution in [0.4, 0.5) is 4.39 Å². The van der Waals surface area contributed by atoms with Crippen LogP contribution in [-0.2, 0) is 16.0 Å². The Morgan fingerprint density at radius 1 is 1.38 bits per heavy atom. The van der Waals surface area contributed by atoms with Crippen LogP contribution in [0.3, 0.4) is 0 Å². The monoisotopic (exact) mass is 225 g/mol. The number of primary amides is 1. The summed E-state index contributed by atoms with van der Waals surface area (Å²) >= 11 is 0. The van der Waals surface area contributed by atoms with Gasteiger partial charge in [-0.05, 0) is 31.0 Å². The summed E-state index contributed by atoms with van der Waals surface area (Å²) in [7, 11) is 0. The Morgan fingerprint density at radius 3 is 2.25 bits per heavy atom. The first-order valence-electron chi connectivity index (χ1n) is 4.64. The maximum absolute atomic E-state index is 12.6. The molecule has 16 heavy (non-hydrogen) atoms. The predicted molar refractivity (Wildman–Crippen MR) is 55.0 cm³/mol. The molecule has 1 amide bonds. The number of carbonyl (C=O) groups excluding carboxylic acids is 1. The number of halogens is 1. The summed E-state index contributed by atoms with van der Waals surface area (Å²) in [4.78, 5) is 22.1. The molecule has 5 heteroatoms.